The molecule has 0 saturated carbocycles. The highest BCUT2D eigenvalue weighted by atomic mass is 16.5. The summed E-state index contributed by atoms with van der Waals surface area (Å²) < 4.78 is 5.16. The molecule has 2 aromatic carbocycles. The lowest BCUT2D eigenvalue weighted by atomic mass is 10.1. The van der Waals surface area contributed by atoms with Crippen LogP contribution in [0.5, 0.6) is 0 Å². The van der Waals surface area contributed by atoms with Gasteiger partial charge in [0.15, 0.2) is 0 Å². The molecule has 132 valence electrons. The fourth-order valence-corrected chi connectivity index (χ4v) is 2.37. The number of aryl methyl sites for hydroxylation is 1. The average molecular weight is 339 g/mol. The van der Waals surface area contributed by atoms with Crippen molar-refractivity contribution in [3.63, 3.8) is 0 Å². The minimum atomic E-state index is -0.331. The maximum absolute atomic E-state index is 12.1. The van der Waals surface area contributed by atoms with Crippen molar-refractivity contribution in [3.05, 3.63) is 65.2 Å². The van der Waals surface area contributed by atoms with E-state index in [0.717, 1.165) is 24.8 Å². The minimum absolute atomic E-state index is 0.0810. The molecule has 0 fully saturated rings. The average Bonchev–Trinajstić information content (AvgIpc) is 2.63. The number of carbonyl (C=O) groups is 2. The van der Waals surface area contributed by atoms with E-state index >= 15 is 0 Å². The van der Waals surface area contributed by atoms with Gasteiger partial charge in [0.1, 0.15) is 0 Å². The number of ether oxygens (including phenoxy) is 1. The number of hydrogen-bond donors (Lipinski definition) is 1. The van der Waals surface area contributed by atoms with Gasteiger partial charge >= 0.3 is 5.97 Å². The molecule has 0 spiro atoms. The van der Waals surface area contributed by atoms with E-state index in [1.165, 1.54) is 5.56 Å². The Labute approximate surface area is 149 Å². The Morgan fingerprint density at radius 3 is 2.16 bits per heavy atom. The largest absolute Gasteiger partial charge is 0.462 e. The molecule has 1 amide bonds. The summed E-state index contributed by atoms with van der Waals surface area (Å²) in [5, 5.41) is 2.85. The van der Waals surface area contributed by atoms with Crippen molar-refractivity contribution >= 4 is 17.6 Å². The van der Waals surface area contributed by atoms with Gasteiger partial charge in [-0.25, -0.2) is 4.79 Å². The quantitative estimate of drug-likeness (QED) is 0.573. The van der Waals surface area contributed by atoms with Gasteiger partial charge in [-0.2, -0.15) is 0 Å². The molecule has 1 N–H and O–H groups in total. The molecule has 4 nitrogen and oxygen atoms in total. The lowest BCUT2D eigenvalue weighted by Gasteiger charge is -2.07. The molecule has 2 aromatic rings. The van der Waals surface area contributed by atoms with Gasteiger partial charge in [-0.3, -0.25) is 4.79 Å². The third-order valence-electron chi connectivity index (χ3n) is 3.93. The molecule has 0 heterocycles. The number of anilines is 1. The van der Waals surface area contributed by atoms with Crippen LogP contribution < -0.4 is 5.32 Å². The highest BCUT2D eigenvalue weighted by Gasteiger charge is 2.08. The monoisotopic (exact) mass is 339 g/mol. The van der Waals surface area contributed by atoms with E-state index in [-0.39, 0.29) is 11.9 Å². The Kier molecular flexibility index (Phi) is 7.20. The number of rotatable bonds is 8. The predicted octanol–water partition coefficient (Wildman–Crippen LogP) is 4.39. The van der Waals surface area contributed by atoms with Crippen molar-refractivity contribution in [2.75, 3.05) is 11.9 Å². The second-order valence-corrected chi connectivity index (χ2v) is 5.96. The lowest BCUT2D eigenvalue weighted by Crippen LogP contribution is -2.14. The zero-order chi connectivity index (χ0) is 18.1. The van der Waals surface area contributed by atoms with Gasteiger partial charge in [-0.15, -0.1) is 0 Å². The van der Waals surface area contributed by atoms with Crippen molar-refractivity contribution in [3.8, 4) is 0 Å². The minimum Gasteiger partial charge on any atom is -0.462 e. The van der Waals surface area contributed by atoms with E-state index < -0.39 is 0 Å². The maximum atomic E-state index is 12.1. The van der Waals surface area contributed by atoms with Crippen LogP contribution in [0, 0.1) is 0 Å². The Balaban J connectivity index is 1.87. The van der Waals surface area contributed by atoms with Crippen LogP contribution in [0.15, 0.2) is 48.5 Å². The second kappa shape index (κ2) is 9.62. The summed E-state index contributed by atoms with van der Waals surface area (Å²) >= 11 is 0. The van der Waals surface area contributed by atoms with Crippen LogP contribution >= 0.6 is 0 Å². The Morgan fingerprint density at radius 2 is 1.56 bits per heavy atom. The van der Waals surface area contributed by atoms with E-state index in [1.807, 2.05) is 31.2 Å². The second-order valence-electron chi connectivity index (χ2n) is 5.96. The van der Waals surface area contributed by atoms with E-state index in [9.17, 15) is 9.59 Å². The van der Waals surface area contributed by atoms with Crippen molar-refractivity contribution in [1.82, 2.24) is 0 Å². The summed E-state index contributed by atoms with van der Waals surface area (Å²) in [5.74, 6) is -0.412. The zero-order valence-corrected chi connectivity index (χ0v) is 14.9. The third kappa shape index (κ3) is 6.07. The third-order valence-corrected chi connectivity index (χ3v) is 3.93. The topological polar surface area (TPSA) is 55.4 Å². The number of hydrogen-bond acceptors (Lipinski definition) is 3. The first kappa shape index (κ1) is 18.7. The van der Waals surface area contributed by atoms with Crippen molar-refractivity contribution in [1.29, 1.82) is 0 Å². The molecular formula is C21H25NO3. The van der Waals surface area contributed by atoms with Gasteiger partial charge in [0.2, 0.25) is 5.91 Å². The van der Waals surface area contributed by atoms with Crippen molar-refractivity contribution in [2.24, 2.45) is 0 Å². The molecule has 0 aliphatic carbocycles. The fraction of sp³-hybridized carbons (Fsp3) is 0.333. The van der Waals surface area contributed by atoms with Crippen LogP contribution in [-0.4, -0.2) is 18.5 Å². The molecule has 25 heavy (non-hydrogen) atoms. The molecule has 0 aromatic heterocycles. The summed E-state index contributed by atoms with van der Waals surface area (Å²) in [6.45, 7) is 4.58. The van der Waals surface area contributed by atoms with E-state index in [0.29, 0.717) is 24.3 Å². The van der Waals surface area contributed by atoms with Crippen LogP contribution in [0.2, 0.25) is 0 Å². The summed E-state index contributed by atoms with van der Waals surface area (Å²) in [7, 11) is 0. The van der Waals surface area contributed by atoms with Crippen LogP contribution in [0.4, 0.5) is 5.69 Å². The van der Waals surface area contributed by atoms with Gasteiger partial charge in [0, 0.05) is 5.69 Å². The van der Waals surface area contributed by atoms with Gasteiger partial charge in [0.25, 0.3) is 0 Å². The van der Waals surface area contributed by atoms with Crippen LogP contribution in [-0.2, 0) is 22.4 Å². The van der Waals surface area contributed by atoms with E-state index in [1.54, 1.807) is 24.3 Å². The lowest BCUT2D eigenvalue weighted by molar-refractivity contribution is -0.115. The number of benzene rings is 2. The predicted molar refractivity (Wildman–Crippen MR) is 99.8 cm³/mol. The van der Waals surface area contributed by atoms with E-state index in [4.69, 9.17) is 4.74 Å². The zero-order valence-electron chi connectivity index (χ0n) is 14.9. The molecule has 0 aliphatic heterocycles. The molecule has 4 heteroatoms. The smallest absolute Gasteiger partial charge is 0.338 e. The van der Waals surface area contributed by atoms with Gasteiger partial charge < -0.3 is 10.1 Å². The van der Waals surface area contributed by atoms with Gasteiger partial charge in [-0.1, -0.05) is 44.5 Å². The molecule has 0 bridgehead atoms. The molecular weight excluding hydrogens is 314 g/mol. The molecule has 0 saturated heterocycles. The Morgan fingerprint density at radius 1 is 0.920 bits per heavy atom. The van der Waals surface area contributed by atoms with Crippen molar-refractivity contribution < 1.29 is 14.3 Å². The SMILES string of the molecule is CCCCOC(=O)c1ccc(NC(=O)Cc2ccc(CC)cc2)cc1. The normalized spacial score (nSPS) is 10.3. The van der Waals surface area contributed by atoms with Crippen molar-refractivity contribution in [2.45, 2.75) is 39.5 Å². The summed E-state index contributed by atoms with van der Waals surface area (Å²) in [6, 6.07) is 14.8. The molecule has 0 aliphatic rings. The summed E-state index contributed by atoms with van der Waals surface area (Å²) in [6.07, 6.45) is 3.16. The number of esters is 1. The fourth-order valence-electron chi connectivity index (χ4n) is 2.37. The van der Waals surface area contributed by atoms with Crippen LogP contribution in [0.3, 0.4) is 0 Å². The number of nitrogens with one attached hydrogen (secondary N) is 1. The summed E-state index contributed by atoms with van der Waals surface area (Å²) in [4.78, 5) is 24.0. The van der Waals surface area contributed by atoms with Crippen LogP contribution in [0.1, 0.15) is 48.2 Å². The maximum Gasteiger partial charge on any atom is 0.338 e. The van der Waals surface area contributed by atoms with Crippen LogP contribution in [0.25, 0.3) is 0 Å². The first-order valence-electron chi connectivity index (χ1n) is 8.77. The number of carbonyl (C=O) groups excluding carboxylic acids is 2. The molecule has 2 rings (SSSR count). The molecule has 0 radical (unpaired) electrons. The standard InChI is InChI=1S/C21H25NO3/c1-3-5-14-25-21(24)18-10-12-19(13-11-18)22-20(23)15-17-8-6-16(4-2)7-9-17/h6-13H,3-5,14-15H2,1-2H3,(H,22,23). The highest BCUT2D eigenvalue weighted by Crippen LogP contribution is 2.12. The van der Waals surface area contributed by atoms with Gasteiger partial charge in [-0.05, 0) is 48.2 Å². The number of unbranched alkanes of at least 4 members (excludes halogenated alkanes) is 1. The molecule has 0 atom stereocenters. The first-order valence-corrected chi connectivity index (χ1v) is 8.77. The highest BCUT2D eigenvalue weighted by molar-refractivity contribution is 5.94. The molecule has 0 unspecified atom stereocenters. The van der Waals surface area contributed by atoms with E-state index in [2.05, 4.69) is 12.2 Å². The number of amides is 1. The Hall–Kier alpha value is -2.62. The first-order chi connectivity index (χ1) is 12.1. The van der Waals surface area contributed by atoms with Gasteiger partial charge in [0.05, 0.1) is 18.6 Å². The Bertz CT molecular complexity index is 690. The summed E-state index contributed by atoms with van der Waals surface area (Å²) in [5.41, 5.74) is 3.39.